The number of fused-ring (bicyclic) bond motifs is 2. The van der Waals surface area contributed by atoms with Gasteiger partial charge in [0.05, 0.1) is 37.4 Å². The Morgan fingerprint density at radius 2 is 1.95 bits per heavy atom. The molecule has 1 amide bonds. The molecule has 3 atom stereocenters. The summed E-state index contributed by atoms with van der Waals surface area (Å²) in [6.45, 7) is 9.62. The third kappa shape index (κ3) is 5.83. The highest BCUT2D eigenvalue weighted by molar-refractivity contribution is 5.97. The fourth-order valence-electron chi connectivity index (χ4n) is 7.50. The van der Waals surface area contributed by atoms with Crippen molar-refractivity contribution < 1.29 is 9.53 Å². The first-order valence-corrected chi connectivity index (χ1v) is 15.8. The van der Waals surface area contributed by atoms with E-state index in [2.05, 4.69) is 84.8 Å². The Hall–Kier alpha value is -4.16. The highest BCUT2D eigenvalue weighted by atomic mass is 16.5. The van der Waals surface area contributed by atoms with Crippen LogP contribution in [0.15, 0.2) is 49.1 Å². The second-order valence-corrected chi connectivity index (χ2v) is 12.6. The van der Waals surface area contributed by atoms with Crippen LogP contribution < -0.4 is 14.5 Å². The highest BCUT2D eigenvalue weighted by Crippen LogP contribution is 2.36. The van der Waals surface area contributed by atoms with Gasteiger partial charge in [-0.05, 0) is 63.4 Å². The number of hydrogen-bond donors (Lipinski definition) is 0. The Balaban J connectivity index is 1.34. The number of benzene rings is 2. The molecule has 0 radical (unpaired) electrons. The Morgan fingerprint density at radius 1 is 1.14 bits per heavy atom. The maximum Gasteiger partial charge on any atom is 0.318 e. The summed E-state index contributed by atoms with van der Waals surface area (Å²) >= 11 is 0. The first-order valence-electron chi connectivity index (χ1n) is 15.8. The number of amides is 1. The molecular formula is C35H43N7O2. The minimum Gasteiger partial charge on any atom is -0.463 e. The summed E-state index contributed by atoms with van der Waals surface area (Å²) in [5.74, 6) is 1.19. The van der Waals surface area contributed by atoms with Crippen molar-refractivity contribution in [3.05, 3.63) is 65.9 Å². The molecule has 2 fully saturated rings. The number of hydrogen-bond acceptors (Lipinski definition) is 8. The van der Waals surface area contributed by atoms with Crippen LogP contribution in [0.3, 0.4) is 0 Å². The van der Waals surface area contributed by atoms with Gasteiger partial charge in [0.2, 0.25) is 5.91 Å². The van der Waals surface area contributed by atoms with Crippen LogP contribution in [0.25, 0.3) is 10.8 Å². The van der Waals surface area contributed by atoms with Crippen LogP contribution in [-0.4, -0.2) is 84.6 Å². The highest BCUT2D eigenvalue weighted by Gasteiger charge is 2.34. The molecule has 0 unspecified atom stereocenters. The zero-order valence-corrected chi connectivity index (χ0v) is 26.2. The second kappa shape index (κ2) is 12.8. The second-order valence-electron chi connectivity index (χ2n) is 12.6. The summed E-state index contributed by atoms with van der Waals surface area (Å²) in [5, 5.41) is 12.1. The summed E-state index contributed by atoms with van der Waals surface area (Å²) in [5.41, 5.74) is 4.61. The van der Waals surface area contributed by atoms with E-state index in [0.717, 1.165) is 36.5 Å². The van der Waals surface area contributed by atoms with Crippen molar-refractivity contribution in [3.8, 4) is 12.1 Å². The average molecular weight is 594 g/mol. The Bertz CT molecular complexity index is 1580. The van der Waals surface area contributed by atoms with Gasteiger partial charge in [0.25, 0.3) is 0 Å². The number of carbonyl (C=O) groups excluding carboxylic acids is 1. The Kier molecular flexibility index (Phi) is 8.72. The first-order chi connectivity index (χ1) is 21.4. The number of nitrogens with zero attached hydrogens (tertiary/aromatic N) is 7. The van der Waals surface area contributed by atoms with E-state index in [0.29, 0.717) is 50.8 Å². The average Bonchev–Trinajstić information content (AvgIpc) is 3.52. The lowest BCUT2D eigenvalue weighted by Gasteiger charge is -2.42. The number of anilines is 2. The number of aryl methyl sites for hydroxylation is 1. The lowest BCUT2D eigenvalue weighted by molar-refractivity contribution is -0.128. The van der Waals surface area contributed by atoms with Crippen molar-refractivity contribution in [2.45, 2.75) is 57.7 Å². The summed E-state index contributed by atoms with van der Waals surface area (Å²) in [4.78, 5) is 31.4. The molecule has 0 bridgehead atoms. The molecule has 3 heterocycles. The fourth-order valence-corrected chi connectivity index (χ4v) is 7.50. The van der Waals surface area contributed by atoms with Gasteiger partial charge in [-0.15, -0.1) is 0 Å². The van der Waals surface area contributed by atoms with Gasteiger partial charge >= 0.3 is 6.01 Å². The maximum atomic E-state index is 12.6. The monoisotopic (exact) mass is 593 g/mol. The van der Waals surface area contributed by atoms with E-state index in [1.54, 1.807) is 4.90 Å². The molecule has 3 aromatic rings. The number of ether oxygens (including phenoxy) is 1. The molecule has 0 N–H and O–H groups in total. The molecule has 3 aliphatic rings. The van der Waals surface area contributed by atoms with E-state index < -0.39 is 0 Å². The summed E-state index contributed by atoms with van der Waals surface area (Å²) < 4.78 is 6.43. The van der Waals surface area contributed by atoms with Crippen LogP contribution in [0, 0.1) is 24.2 Å². The number of nitriles is 1. The van der Waals surface area contributed by atoms with Crippen molar-refractivity contribution in [1.82, 2.24) is 19.8 Å². The van der Waals surface area contributed by atoms with Gasteiger partial charge in [-0.25, -0.2) is 0 Å². The molecule has 1 saturated heterocycles. The van der Waals surface area contributed by atoms with Gasteiger partial charge in [-0.3, -0.25) is 4.79 Å². The maximum absolute atomic E-state index is 12.6. The van der Waals surface area contributed by atoms with Gasteiger partial charge in [0, 0.05) is 54.8 Å². The number of piperazine rings is 1. The smallest absolute Gasteiger partial charge is 0.318 e. The predicted octanol–water partition coefficient (Wildman–Crippen LogP) is 4.73. The molecule has 0 spiro atoms. The lowest BCUT2D eigenvalue weighted by Crippen LogP contribution is -2.55. The van der Waals surface area contributed by atoms with Crippen LogP contribution in [0.5, 0.6) is 6.01 Å². The number of aromatic nitrogens is 2. The number of rotatable bonds is 8. The van der Waals surface area contributed by atoms with Crippen molar-refractivity contribution in [1.29, 1.82) is 5.26 Å². The van der Waals surface area contributed by atoms with Crippen LogP contribution >= 0.6 is 0 Å². The third-order valence-corrected chi connectivity index (χ3v) is 9.73. The quantitative estimate of drug-likeness (QED) is 0.347. The Labute approximate surface area is 260 Å². The van der Waals surface area contributed by atoms with Crippen LogP contribution in [0.1, 0.15) is 42.5 Å². The molecule has 2 aliphatic heterocycles. The first kappa shape index (κ1) is 29.9. The van der Waals surface area contributed by atoms with Gasteiger partial charge < -0.3 is 24.3 Å². The van der Waals surface area contributed by atoms with Crippen LogP contribution in [0.4, 0.5) is 11.5 Å². The fraction of sp³-hybridized carbons (Fsp3) is 0.486. The molecule has 2 aromatic carbocycles. The normalized spacial score (nSPS) is 21.8. The van der Waals surface area contributed by atoms with E-state index in [9.17, 15) is 10.1 Å². The van der Waals surface area contributed by atoms with E-state index in [1.807, 2.05) is 0 Å². The van der Waals surface area contributed by atoms with E-state index >= 15 is 0 Å². The summed E-state index contributed by atoms with van der Waals surface area (Å²) in [7, 11) is 4.29. The van der Waals surface area contributed by atoms with E-state index in [1.165, 1.54) is 40.9 Å². The zero-order chi connectivity index (χ0) is 30.8. The third-order valence-electron chi connectivity index (χ3n) is 9.73. The Morgan fingerprint density at radius 3 is 2.73 bits per heavy atom. The van der Waals surface area contributed by atoms with Gasteiger partial charge in [-0.2, -0.15) is 15.2 Å². The van der Waals surface area contributed by atoms with Crippen molar-refractivity contribution in [2.75, 3.05) is 56.7 Å². The summed E-state index contributed by atoms with van der Waals surface area (Å²) in [6, 6.07) is 15.9. The molecule has 9 heteroatoms. The number of carbonyl (C=O) groups is 1. The van der Waals surface area contributed by atoms with Gasteiger partial charge in [-0.1, -0.05) is 43.3 Å². The molecule has 1 aromatic heterocycles. The lowest BCUT2D eigenvalue weighted by atomic mass is 9.99. The topological polar surface area (TPSA) is 88.8 Å². The van der Waals surface area contributed by atoms with Crippen molar-refractivity contribution in [3.63, 3.8) is 0 Å². The van der Waals surface area contributed by atoms with Crippen LogP contribution in [-0.2, 0) is 17.8 Å². The zero-order valence-electron chi connectivity index (χ0n) is 26.2. The van der Waals surface area contributed by atoms with Crippen LogP contribution in [0.2, 0.25) is 0 Å². The van der Waals surface area contributed by atoms with Gasteiger partial charge in [0.15, 0.2) is 0 Å². The minimum absolute atomic E-state index is 0.133. The van der Waals surface area contributed by atoms with Crippen molar-refractivity contribution in [2.24, 2.45) is 5.92 Å². The predicted molar refractivity (Wildman–Crippen MR) is 174 cm³/mol. The van der Waals surface area contributed by atoms with Gasteiger partial charge in [0.1, 0.15) is 5.82 Å². The molecule has 9 nitrogen and oxygen atoms in total. The molecule has 44 heavy (non-hydrogen) atoms. The molecule has 1 aliphatic carbocycles. The largest absolute Gasteiger partial charge is 0.463 e. The van der Waals surface area contributed by atoms with E-state index in [-0.39, 0.29) is 18.4 Å². The summed E-state index contributed by atoms with van der Waals surface area (Å²) in [6.07, 6.45) is 5.93. The molecule has 6 rings (SSSR count). The molecule has 1 saturated carbocycles. The standard InChI is InChI=1S/C35H43N7O2/c1-5-32(43)42-20-19-41(21-27(42)15-17-36)34-28-16-18-40(31-14-7-11-25-10-6-9-24(2)33(25)31)22-29(28)37-35(38-34)44-23-26-12-8-13-30(26)39(3)4/h5-7,9-11,14,26-27,30H,1,8,12-13,15-16,18-23H2,2-4H3/t26-,27-,30-/m0/s1. The van der Waals surface area contributed by atoms with Crippen molar-refractivity contribution >= 4 is 28.2 Å². The molecule has 230 valence electrons. The van der Waals surface area contributed by atoms with E-state index in [4.69, 9.17) is 14.7 Å². The SMILES string of the molecule is C=CC(=O)N1CCN(c2nc(OC[C@@H]3CCC[C@@H]3N(C)C)nc3c2CCN(c2cccc4cccc(C)c24)C3)C[C@@H]1CC#N. The molecular weight excluding hydrogens is 550 g/mol. The minimum atomic E-state index is -0.229.